The number of rotatable bonds is 8. The van der Waals surface area contributed by atoms with Gasteiger partial charge in [0.2, 0.25) is 5.91 Å². The monoisotopic (exact) mass is 323 g/mol. The van der Waals surface area contributed by atoms with Crippen LogP contribution in [0.15, 0.2) is 48.5 Å². The van der Waals surface area contributed by atoms with E-state index in [4.69, 9.17) is 10.00 Å². The molecule has 0 heterocycles. The zero-order chi connectivity index (χ0) is 17.2. The Morgan fingerprint density at radius 3 is 2.79 bits per heavy atom. The van der Waals surface area contributed by atoms with Gasteiger partial charge in [0, 0.05) is 19.5 Å². The van der Waals surface area contributed by atoms with E-state index in [1.807, 2.05) is 42.5 Å². The molecule has 2 rings (SSSR count). The fourth-order valence-electron chi connectivity index (χ4n) is 2.31. The first-order valence-electron chi connectivity index (χ1n) is 7.85. The Bertz CT molecular complexity index is 723. The average molecular weight is 323 g/mol. The molecule has 0 aliphatic carbocycles. The summed E-state index contributed by atoms with van der Waals surface area (Å²) in [6, 6.07) is 17.2. The van der Waals surface area contributed by atoms with Gasteiger partial charge in [-0.2, -0.15) is 5.26 Å². The quantitative estimate of drug-likeness (QED) is 0.783. The number of para-hydroxylation sites is 1. The number of amides is 1. The Kier molecular flexibility index (Phi) is 6.66. The highest BCUT2D eigenvalue weighted by Crippen LogP contribution is 2.13. The summed E-state index contributed by atoms with van der Waals surface area (Å²) in [6.07, 6.45) is 1.12. The Labute approximate surface area is 142 Å². The molecule has 0 aliphatic rings. The van der Waals surface area contributed by atoms with Crippen LogP contribution < -0.4 is 15.4 Å². The van der Waals surface area contributed by atoms with Crippen molar-refractivity contribution in [2.75, 3.05) is 25.5 Å². The summed E-state index contributed by atoms with van der Waals surface area (Å²) in [5.74, 6) is 0.805. The van der Waals surface area contributed by atoms with E-state index in [2.05, 4.69) is 16.7 Å². The number of carbonyl (C=O) groups is 1. The highest BCUT2D eigenvalue weighted by Gasteiger charge is 2.03. The molecule has 2 N–H and O–H groups in total. The van der Waals surface area contributed by atoms with Crippen molar-refractivity contribution in [1.82, 2.24) is 5.32 Å². The minimum atomic E-state index is -0.0140. The summed E-state index contributed by atoms with van der Waals surface area (Å²) < 4.78 is 5.18. The lowest BCUT2D eigenvalue weighted by Gasteiger charge is -2.09. The predicted octanol–water partition coefficient (Wildman–Crippen LogP) is 2.73. The third kappa shape index (κ3) is 5.33. The van der Waals surface area contributed by atoms with E-state index in [1.165, 1.54) is 0 Å². The molecule has 5 nitrogen and oxygen atoms in total. The van der Waals surface area contributed by atoms with Crippen molar-refractivity contribution in [3.05, 3.63) is 59.7 Å². The van der Waals surface area contributed by atoms with E-state index in [-0.39, 0.29) is 5.91 Å². The van der Waals surface area contributed by atoms with Crippen molar-refractivity contribution in [2.45, 2.75) is 12.8 Å². The molecule has 2 aromatic carbocycles. The van der Waals surface area contributed by atoms with Crippen LogP contribution in [-0.4, -0.2) is 26.1 Å². The summed E-state index contributed by atoms with van der Waals surface area (Å²) in [7, 11) is 1.64. The van der Waals surface area contributed by atoms with Crippen molar-refractivity contribution in [3.63, 3.8) is 0 Å². The summed E-state index contributed by atoms with van der Waals surface area (Å²) in [4.78, 5) is 11.9. The number of ether oxygens (including phenoxy) is 1. The van der Waals surface area contributed by atoms with Crippen LogP contribution in [0.1, 0.15) is 17.5 Å². The summed E-state index contributed by atoms with van der Waals surface area (Å²) in [5.41, 5.74) is 2.45. The molecule has 24 heavy (non-hydrogen) atoms. The molecule has 0 fully saturated rings. The van der Waals surface area contributed by atoms with Gasteiger partial charge in [0.1, 0.15) is 11.8 Å². The number of carbonyl (C=O) groups excluding carboxylic acids is 1. The lowest BCUT2D eigenvalue weighted by Crippen LogP contribution is -2.27. The van der Waals surface area contributed by atoms with Crippen LogP contribution >= 0.6 is 0 Å². The van der Waals surface area contributed by atoms with Crippen LogP contribution in [0.5, 0.6) is 5.75 Å². The smallest absolute Gasteiger partial charge is 0.221 e. The number of benzene rings is 2. The molecular formula is C19H21N3O2. The molecule has 0 aromatic heterocycles. The Morgan fingerprint density at radius 1 is 1.17 bits per heavy atom. The molecule has 1 amide bonds. The van der Waals surface area contributed by atoms with E-state index in [1.54, 1.807) is 13.2 Å². The van der Waals surface area contributed by atoms with Crippen LogP contribution in [0.3, 0.4) is 0 Å². The van der Waals surface area contributed by atoms with Gasteiger partial charge in [-0.15, -0.1) is 0 Å². The van der Waals surface area contributed by atoms with Gasteiger partial charge in [0.25, 0.3) is 0 Å². The second-order valence-corrected chi connectivity index (χ2v) is 5.29. The lowest BCUT2D eigenvalue weighted by atomic mass is 10.1. The van der Waals surface area contributed by atoms with Crippen LogP contribution in [0.2, 0.25) is 0 Å². The SMILES string of the molecule is COc1cccc(CCNC(=O)CCNc2ccccc2C#N)c1. The number of hydrogen-bond acceptors (Lipinski definition) is 4. The number of nitrogens with zero attached hydrogens (tertiary/aromatic N) is 1. The summed E-state index contributed by atoms with van der Waals surface area (Å²) >= 11 is 0. The van der Waals surface area contributed by atoms with Crippen molar-refractivity contribution >= 4 is 11.6 Å². The first-order valence-corrected chi connectivity index (χ1v) is 7.85. The molecule has 0 saturated carbocycles. The molecule has 0 radical (unpaired) electrons. The molecule has 2 aromatic rings. The maximum absolute atomic E-state index is 11.9. The molecule has 5 heteroatoms. The van der Waals surface area contributed by atoms with E-state index in [0.717, 1.165) is 23.4 Å². The van der Waals surface area contributed by atoms with Crippen molar-refractivity contribution in [2.24, 2.45) is 0 Å². The fourth-order valence-corrected chi connectivity index (χ4v) is 2.31. The van der Waals surface area contributed by atoms with Gasteiger partial charge in [0.05, 0.1) is 18.4 Å². The van der Waals surface area contributed by atoms with Crippen LogP contribution in [0, 0.1) is 11.3 Å². The Balaban J connectivity index is 1.69. The minimum Gasteiger partial charge on any atom is -0.497 e. The second kappa shape index (κ2) is 9.21. The van der Waals surface area contributed by atoms with Crippen molar-refractivity contribution in [1.29, 1.82) is 5.26 Å². The number of hydrogen-bond donors (Lipinski definition) is 2. The van der Waals surface area contributed by atoms with Gasteiger partial charge in [-0.1, -0.05) is 24.3 Å². The zero-order valence-electron chi connectivity index (χ0n) is 13.7. The number of anilines is 1. The first kappa shape index (κ1) is 17.4. The average Bonchev–Trinajstić information content (AvgIpc) is 2.62. The van der Waals surface area contributed by atoms with Gasteiger partial charge >= 0.3 is 0 Å². The third-order valence-corrected chi connectivity index (χ3v) is 3.59. The molecule has 124 valence electrons. The molecule has 0 saturated heterocycles. The number of nitrogens with one attached hydrogen (secondary N) is 2. The molecule has 0 spiro atoms. The van der Waals surface area contributed by atoms with Crippen LogP contribution in [0.25, 0.3) is 0 Å². The van der Waals surface area contributed by atoms with Gasteiger partial charge in [-0.25, -0.2) is 0 Å². The predicted molar refractivity (Wildman–Crippen MR) is 94.0 cm³/mol. The molecule has 0 unspecified atom stereocenters. The maximum Gasteiger partial charge on any atom is 0.221 e. The lowest BCUT2D eigenvalue weighted by molar-refractivity contribution is -0.120. The highest BCUT2D eigenvalue weighted by atomic mass is 16.5. The van der Waals surface area contributed by atoms with Gasteiger partial charge < -0.3 is 15.4 Å². The Hall–Kier alpha value is -3.00. The molecule has 0 aliphatic heterocycles. The first-order chi connectivity index (χ1) is 11.7. The summed E-state index contributed by atoms with van der Waals surface area (Å²) in [6.45, 7) is 1.07. The number of nitriles is 1. The van der Waals surface area contributed by atoms with Gasteiger partial charge in [-0.3, -0.25) is 4.79 Å². The largest absolute Gasteiger partial charge is 0.497 e. The molecule has 0 bridgehead atoms. The number of methoxy groups -OCH3 is 1. The topological polar surface area (TPSA) is 74.2 Å². The second-order valence-electron chi connectivity index (χ2n) is 5.29. The minimum absolute atomic E-state index is 0.0140. The Morgan fingerprint density at radius 2 is 2.00 bits per heavy atom. The van der Waals surface area contributed by atoms with Gasteiger partial charge in [-0.05, 0) is 36.2 Å². The standard InChI is InChI=1S/C19H21N3O2/c1-24-17-7-4-5-15(13-17)9-11-22-19(23)10-12-21-18-8-3-2-6-16(18)14-20/h2-8,13,21H,9-12H2,1H3,(H,22,23). The maximum atomic E-state index is 11.9. The summed E-state index contributed by atoms with van der Waals surface area (Å²) in [5, 5.41) is 15.0. The zero-order valence-corrected chi connectivity index (χ0v) is 13.7. The van der Waals surface area contributed by atoms with E-state index in [9.17, 15) is 4.79 Å². The molecule has 0 atom stereocenters. The van der Waals surface area contributed by atoms with E-state index >= 15 is 0 Å². The normalized spacial score (nSPS) is 9.83. The fraction of sp³-hybridized carbons (Fsp3) is 0.263. The van der Waals surface area contributed by atoms with Gasteiger partial charge in [0.15, 0.2) is 0 Å². The van der Waals surface area contributed by atoms with Crippen molar-refractivity contribution < 1.29 is 9.53 Å². The van der Waals surface area contributed by atoms with E-state index < -0.39 is 0 Å². The highest BCUT2D eigenvalue weighted by molar-refractivity contribution is 5.76. The molecular weight excluding hydrogens is 302 g/mol. The van der Waals surface area contributed by atoms with Crippen LogP contribution in [-0.2, 0) is 11.2 Å². The van der Waals surface area contributed by atoms with Crippen molar-refractivity contribution in [3.8, 4) is 11.8 Å². The third-order valence-electron chi connectivity index (χ3n) is 3.59. The van der Waals surface area contributed by atoms with Crippen LogP contribution in [0.4, 0.5) is 5.69 Å². The van der Waals surface area contributed by atoms with E-state index in [0.29, 0.717) is 25.1 Å².